The standard InChI is InChI=1S/C20H17ClO6/c21-16-10-13(11-18-20(16)26-9-1-8-25-18)2-7-17(22)14-3-5-15(6-4-14)27-12-19(23)24/h2-7,10-11H,1,8-9,12H2,(H,23,24)/p-1/b7-2+. The van der Waals surface area contributed by atoms with Crippen LogP contribution in [0, 0.1) is 0 Å². The van der Waals surface area contributed by atoms with Crippen LogP contribution in [0.15, 0.2) is 42.5 Å². The summed E-state index contributed by atoms with van der Waals surface area (Å²) in [5.74, 6) is -0.114. The van der Waals surface area contributed by atoms with Crippen LogP contribution in [0.25, 0.3) is 6.08 Å². The van der Waals surface area contributed by atoms with Gasteiger partial charge in [0.15, 0.2) is 17.3 Å². The van der Waals surface area contributed by atoms with Gasteiger partial charge in [0.25, 0.3) is 0 Å². The molecule has 1 heterocycles. The summed E-state index contributed by atoms with van der Waals surface area (Å²) in [4.78, 5) is 22.7. The number of benzene rings is 2. The Kier molecular flexibility index (Phi) is 5.98. The van der Waals surface area contributed by atoms with Gasteiger partial charge in [0.2, 0.25) is 0 Å². The molecule has 1 aliphatic rings. The van der Waals surface area contributed by atoms with Crippen molar-refractivity contribution in [2.24, 2.45) is 0 Å². The topological polar surface area (TPSA) is 84.9 Å². The summed E-state index contributed by atoms with van der Waals surface area (Å²) in [5, 5.41) is 10.8. The minimum absolute atomic E-state index is 0.218. The van der Waals surface area contributed by atoms with E-state index in [-0.39, 0.29) is 5.78 Å². The van der Waals surface area contributed by atoms with Crippen LogP contribution < -0.4 is 19.3 Å². The largest absolute Gasteiger partial charge is 0.546 e. The van der Waals surface area contributed by atoms with Crippen LogP contribution in [0.3, 0.4) is 0 Å². The van der Waals surface area contributed by atoms with E-state index in [0.717, 1.165) is 6.42 Å². The number of hydrogen-bond donors (Lipinski definition) is 0. The fourth-order valence-corrected chi connectivity index (χ4v) is 2.75. The summed E-state index contributed by atoms with van der Waals surface area (Å²) in [5.41, 5.74) is 1.15. The van der Waals surface area contributed by atoms with Gasteiger partial charge in [-0.2, -0.15) is 0 Å². The van der Waals surface area contributed by atoms with Crippen LogP contribution in [-0.2, 0) is 4.79 Å². The number of hydrogen-bond acceptors (Lipinski definition) is 6. The molecule has 2 aromatic rings. The molecule has 0 unspecified atom stereocenters. The molecule has 0 N–H and O–H groups in total. The maximum Gasteiger partial charge on any atom is 0.185 e. The molecule has 0 spiro atoms. The zero-order valence-corrected chi connectivity index (χ0v) is 15.0. The zero-order chi connectivity index (χ0) is 19.2. The second kappa shape index (κ2) is 8.60. The Bertz CT molecular complexity index is 873. The number of carboxylic acid groups (broad SMARTS) is 1. The first kappa shape index (κ1) is 18.8. The highest BCUT2D eigenvalue weighted by Crippen LogP contribution is 2.38. The first-order valence-electron chi connectivity index (χ1n) is 8.27. The molecule has 0 bridgehead atoms. The second-order valence-electron chi connectivity index (χ2n) is 5.76. The molecule has 3 rings (SSSR count). The van der Waals surface area contributed by atoms with E-state index >= 15 is 0 Å². The summed E-state index contributed by atoms with van der Waals surface area (Å²) in [6.07, 6.45) is 3.84. The molecular formula is C20H16ClO6-. The fourth-order valence-electron chi connectivity index (χ4n) is 2.47. The molecule has 0 fully saturated rings. The third kappa shape index (κ3) is 5.01. The molecule has 1 aliphatic heterocycles. The number of halogens is 1. The lowest BCUT2D eigenvalue weighted by atomic mass is 10.1. The first-order valence-corrected chi connectivity index (χ1v) is 8.65. The number of fused-ring (bicyclic) bond motifs is 1. The fraction of sp³-hybridized carbons (Fsp3) is 0.200. The molecule has 0 amide bonds. The highest BCUT2D eigenvalue weighted by Gasteiger charge is 2.15. The van der Waals surface area contributed by atoms with E-state index in [2.05, 4.69) is 0 Å². The maximum absolute atomic E-state index is 12.3. The Balaban J connectivity index is 1.70. The number of ketones is 1. The van der Waals surface area contributed by atoms with Gasteiger partial charge in [0.05, 0.1) is 24.2 Å². The quantitative estimate of drug-likeness (QED) is 0.559. The monoisotopic (exact) mass is 387 g/mol. The molecule has 0 aromatic heterocycles. The SMILES string of the molecule is O=C([O-])COc1ccc(C(=O)/C=C/c2cc(Cl)c3c(c2)OCCCO3)cc1. The van der Waals surface area contributed by atoms with E-state index in [1.807, 2.05) is 0 Å². The average Bonchev–Trinajstić information content (AvgIpc) is 2.91. The average molecular weight is 388 g/mol. The van der Waals surface area contributed by atoms with Crippen molar-refractivity contribution in [1.82, 2.24) is 0 Å². The van der Waals surface area contributed by atoms with Gasteiger partial charge >= 0.3 is 0 Å². The van der Waals surface area contributed by atoms with Crippen molar-refractivity contribution in [1.29, 1.82) is 0 Å². The lowest BCUT2D eigenvalue weighted by Gasteiger charge is -2.10. The summed E-state index contributed by atoms with van der Waals surface area (Å²) in [6.45, 7) is 0.545. The molecule has 0 aliphatic carbocycles. The second-order valence-corrected chi connectivity index (χ2v) is 6.17. The number of ether oxygens (including phenoxy) is 3. The Morgan fingerprint density at radius 1 is 1.15 bits per heavy atom. The predicted octanol–water partition coefficient (Wildman–Crippen LogP) is 2.53. The van der Waals surface area contributed by atoms with E-state index in [0.29, 0.717) is 46.6 Å². The lowest BCUT2D eigenvalue weighted by Crippen LogP contribution is -2.28. The minimum Gasteiger partial charge on any atom is -0.546 e. The van der Waals surface area contributed by atoms with E-state index in [1.165, 1.54) is 18.2 Å². The Hall–Kier alpha value is -2.99. The van der Waals surface area contributed by atoms with Gasteiger partial charge in [-0.3, -0.25) is 4.79 Å². The number of aliphatic carboxylic acids is 1. The molecule has 27 heavy (non-hydrogen) atoms. The predicted molar refractivity (Wildman–Crippen MR) is 97.4 cm³/mol. The molecule has 6 nitrogen and oxygen atoms in total. The highest BCUT2D eigenvalue weighted by molar-refractivity contribution is 6.32. The molecule has 140 valence electrons. The summed E-state index contributed by atoms with van der Waals surface area (Å²) in [6, 6.07) is 9.63. The summed E-state index contributed by atoms with van der Waals surface area (Å²) >= 11 is 6.24. The van der Waals surface area contributed by atoms with Crippen LogP contribution in [-0.4, -0.2) is 31.6 Å². The normalized spacial score (nSPS) is 13.2. The minimum atomic E-state index is -1.31. The molecule has 0 saturated carbocycles. The molecule has 0 atom stereocenters. The summed E-state index contributed by atoms with van der Waals surface area (Å²) in [7, 11) is 0. The van der Waals surface area contributed by atoms with E-state index in [4.69, 9.17) is 25.8 Å². The number of carbonyl (C=O) groups is 2. The number of carbonyl (C=O) groups excluding carboxylic acids is 2. The third-order valence-corrected chi connectivity index (χ3v) is 4.03. The van der Waals surface area contributed by atoms with Crippen molar-refractivity contribution >= 4 is 29.4 Å². The van der Waals surface area contributed by atoms with Crippen LogP contribution in [0.2, 0.25) is 5.02 Å². The van der Waals surface area contributed by atoms with Crippen molar-refractivity contribution in [3.05, 3.63) is 58.6 Å². The lowest BCUT2D eigenvalue weighted by molar-refractivity contribution is -0.307. The van der Waals surface area contributed by atoms with Crippen LogP contribution >= 0.6 is 11.6 Å². The molecule has 0 saturated heterocycles. The van der Waals surface area contributed by atoms with E-state index in [1.54, 1.807) is 30.3 Å². The smallest absolute Gasteiger partial charge is 0.185 e. The van der Waals surface area contributed by atoms with Crippen molar-refractivity contribution in [3.63, 3.8) is 0 Å². The van der Waals surface area contributed by atoms with Crippen LogP contribution in [0.4, 0.5) is 0 Å². The number of allylic oxidation sites excluding steroid dienone is 1. The van der Waals surface area contributed by atoms with Gasteiger partial charge in [0, 0.05) is 12.0 Å². The first-order chi connectivity index (χ1) is 13.0. The molecular weight excluding hydrogens is 372 g/mol. The van der Waals surface area contributed by atoms with Gasteiger partial charge in [-0.1, -0.05) is 17.7 Å². The number of carboxylic acids is 1. The molecule has 7 heteroatoms. The van der Waals surface area contributed by atoms with Crippen molar-refractivity contribution in [2.45, 2.75) is 6.42 Å². The van der Waals surface area contributed by atoms with Gasteiger partial charge in [-0.05, 0) is 48.0 Å². The maximum atomic E-state index is 12.3. The Morgan fingerprint density at radius 2 is 1.89 bits per heavy atom. The third-order valence-electron chi connectivity index (χ3n) is 3.75. The number of rotatable bonds is 6. The Morgan fingerprint density at radius 3 is 2.63 bits per heavy atom. The van der Waals surface area contributed by atoms with Crippen LogP contribution in [0.1, 0.15) is 22.3 Å². The van der Waals surface area contributed by atoms with Crippen molar-refractivity contribution in [2.75, 3.05) is 19.8 Å². The van der Waals surface area contributed by atoms with Gasteiger partial charge in [-0.15, -0.1) is 0 Å². The van der Waals surface area contributed by atoms with Gasteiger partial charge < -0.3 is 24.1 Å². The molecule has 2 aromatic carbocycles. The van der Waals surface area contributed by atoms with E-state index in [9.17, 15) is 14.7 Å². The summed E-state index contributed by atoms with van der Waals surface area (Å²) < 4.78 is 16.2. The van der Waals surface area contributed by atoms with E-state index < -0.39 is 12.6 Å². The highest BCUT2D eigenvalue weighted by atomic mass is 35.5. The zero-order valence-electron chi connectivity index (χ0n) is 14.3. The van der Waals surface area contributed by atoms with Crippen molar-refractivity contribution < 1.29 is 28.9 Å². The van der Waals surface area contributed by atoms with Crippen molar-refractivity contribution in [3.8, 4) is 17.2 Å². The van der Waals surface area contributed by atoms with Gasteiger partial charge in [0.1, 0.15) is 12.4 Å². The van der Waals surface area contributed by atoms with Crippen LogP contribution in [0.5, 0.6) is 17.2 Å². The molecule has 0 radical (unpaired) electrons. The van der Waals surface area contributed by atoms with Gasteiger partial charge in [-0.25, -0.2) is 0 Å². The Labute approximate surface area is 160 Å².